The van der Waals surface area contributed by atoms with Gasteiger partial charge in [0.2, 0.25) is 0 Å². The van der Waals surface area contributed by atoms with Gasteiger partial charge in [-0.25, -0.2) is 0 Å². The highest BCUT2D eigenvalue weighted by Crippen LogP contribution is 2.20. The zero-order chi connectivity index (χ0) is 13.7. The van der Waals surface area contributed by atoms with Crippen LogP contribution in [0.2, 0.25) is 0 Å². The van der Waals surface area contributed by atoms with Crippen LogP contribution in [0.1, 0.15) is 39.0 Å². The van der Waals surface area contributed by atoms with Gasteiger partial charge in [-0.2, -0.15) is 0 Å². The van der Waals surface area contributed by atoms with Gasteiger partial charge >= 0.3 is 0 Å². The second-order valence-corrected chi connectivity index (χ2v) is 5.98. The van der Waals surface area contributed by atoms with Crippen LogP contribution >= 0.6 is 15.9 Å². The van der Waals surface area contributed by atoms with Crippen LogP contribution in [0.25, 0.3) is 0 Å². The fraction of sp³-hybridized carbons (Fsp3) is 0.533. The standard InChI is InChI=1S/C15H20BrNO2/c1-11(19-14-9-5-6-12(16)10-14)15(18)17-13-7-3-2-4-8-13/h5-6,9-11,13H,2-4,7-8H2,1H3,(H,17,18)/t11-/m1/s1. The number of rotatable bonds is 4. The number of ether oxygens (including phenoxy) is 1. The molecule has 0 aromatic heterocycles. The number of amides is 1. The summed E-state index contributed by atoms with van der Waals surface area (Å²) in [6.07, 6.45) is 5.44. The summed E-state index contributed by atoms with van der Waals surface area (Å²) in [4.78, 5) is 12.1. The maximum absolute atomic E-state index is 12.1. The Morgan fingerprint density at radius 1 is 1.37 bits per heavy atom. The number of nitrogens with one attached hydrogen (secondary N) is 1. The van der Waals surface area contributed by atoms with Crippen molar-refractivity contribution in [1.82, 2.24) is 5.32 Å². The first-order valence-electron chi connectivity index (χ1n) is 6.88. The third kappa shape index (κ3) is 4.53. The SMILES string of the molecule is C[C@@H](Oc1cccc(Br)c1)C(=O)NC1CCCCC1. The Morgan fingerprint density at radius 3 is 2.79 bits per heavy atom. The Hall–Kier alpha value is -1.03. The molecule has 0 heterocycles. The first kappa shape index (κ1) is 14.4. The third-order valence-electron chi connectivity index (χ3n) is 3.43. The monoisotopic (exact) mass is 325 g/mol. The van der Waals surface area contributed by atoms with Crippen LogP contribution in [-0.4, -0.2) is 18.1 Å². The lowest BCUT2D eigenvalue weighted by Crippen LogP contribution is -2.43. The maximum Gasteiger partial charge on any atom is 0.260 e. The molecular weight excluding hydrogens is 306 g/mol. The highest BCUT2D eigenvalue weighted by atomic mass is 79.9. The number of hydrogen-bond donors (Lipinski definition) is 1. The van der Waals surface area contributed by atoms with E-state index in [0.29, 0.717) is 11.8 Å². The van der Waals surface area contributed by atoms with E-state index in [-0.39, 0.29) is 5.91 Å². The van der Waals surface area contributed by atoms with Gasteiger partial charge in [-0.15, -0.1) is 0 Å². The van der Waals surface area contributed by atoms with Crippen LogP contribution in [0, 0.1) is 0 Å². The molecule has 3 nitrogen and oxygen atoms in total. The van der Waals surface area contributed by atoms with E-state index in [1.807, 2.05) is 24.3 Å². The van der Waals surface area contributed by atoms with Crippen molar-refractivity contribution in [1.29, 1.82) is 0 Å². The molecule has 0 spiro atoms. The summed E-state index contributed by atoms with van der Waals surface area (Å²) in [5, 5.41) is 3.08. The van der Waals surface area contributed by atoms with Gasteiger partial charge in [0.05, 0.1) is 0 Å². The molecule has 4 heteroatoms. The lowest BCUT2D eigenvalue weighted by Gasteiger charge is -2.24. The molecule has 1 amide bonds. The molecule has 19 heavy (non-hydrogen) atoms. The van der Waals surface area contributed by atoms with Gasteiger partial charge in [-0.1, -0.05) is 41.3 Å². The van der Waals surface area contributed by atoms with E-state index in [9.17, 15) is 4.79 Å². The molecule has 0 bridgehead atoms. The molecule has 0 unspecified atom stereocenters. The normalized spacial score (nSPS) is 17.8. The highest BCUT2D eigenvalue weighted by molar-refractivity contribution is 9.10. The van der Waals surface area contributed by atoms with Crippen LogP contribution in [0.15, 0.2) is 28.7 Å². The predicted octanol–water partition coefficient (Wildman–Crippen LogP) is 3.67. The average molecular weight is 326 g/mol. The Kier molecular flexibility index (Phi) is 5.25. The summed E-state index contributed by atoms with van der Waals surface area (Å²) < 4.78 is 6.61. The molecule has 1 saturated carbocycles. The summed E-state index contributed by atoms with van der Waals surface area (Å²) in [7, 11) is 0. The number of carbonyl (C=O) groups is 1. The predicted molar refractivity (Wildman–Crippen MR) is 79.2 cm³/mol. The van der Waals surface area contributed by atoms with Gasteiger partial charge < -0.3 is 10.1 Å². The van der Waals surface area contributed by atoms with Crippen LogP contribution < -0.4 is 10.1 Å². The van der Waals surface area contributed by atoms with Crippen molar-refractivity contribution in [3.05, 3.63) is 28.7 Å². The third-order valence-corrected chi connectivity index (χ3v) is 3.92. The quantitative estimate of drug-likeness (QED) is 0.917. The van der Waals surface area contributed by atoms with Crippen molar-refractivity contribution in [2.24, 2.45) is 0 Å². The first-order valence-corrected chi connectivity index (χ1v) is 7.67. The lowest BCUT2D eigenvalue weighted by molar-refractivity contribution is -0.128. The molecule has 2 rings (SSSR count). The first-order chi connectivity index (χ1) is 9.15. The van der Waals surface area contributed by atoms with Crippen molar-refractivity contribution in [2.45, 2.75) is 51.2 Å². The number of hydrogen-bond acceptors (Lipinski definition) is 2. The maximum atomic E-state index is 12.1. The minimum atomic E-state index is -0.462. The largest absolute Gasteiger partial charge is 0.481 e. The summed E-state index contributed by atoms with van der Waals surface area (Å²) >= 11 is 3.39. The Balaban J connectivity index is 1.84. The molecular formula is C15H20BrNO2. The van der Waals surface area contributed by atoms with Crippen LogP contribution in [-0.2, 0) is 4.79 Å². The van der Waals surface area contributed by atoms with Crippen molar-refractivity contribution in [3.63, 3.8) is 0 Å². The van der Waals surface area contributed by atoms with Gasteiger partial charge in [-0.3, -0.25) is 4.79 Å². The topological polar surface area (TPSA) is 38.3 Å². The van der Waals surface area contributed by atoms with Crippen molar-refractivity contribution < 1.29 is 9.53 Å². The zero-order valence-electron chi connectivity index (χ0n) is 11.2. The summed E-state index contributed by atoms with van der Waals surface area (Å²) in [6, 6.07) is 7.87. The second-order valence-electron chi connectivity index (χ2n) is 5.06. The molecule has 1 N–H and O–H groups in total. The molecule has 1 aromatic rings. The molecule has 0 radical (unpaired) electrons. The lowest BCUT2D eigenvalue weighted by atomic mass is 9.95. The van der Waals surface area contributed by atoms with E-state index >= 15 is 0 Å². The van der Waals surface area contributed by atoms with E-state index in [1.54, 1.807) is 6.92 Å². The zero-order valence-corrected chi connectivity index (χ0v) is 12.8. The molecule has 104 valence electrons. The van der Waals surface area contributed by atoms with E-state index in [0.717, 1.165) is 17.3 Å². The van der Waals surface area contributed by atoms with Gasteiger partial charge in [0.25, 0.3) is 5.91 Å². The molecule has 1 aliphatic carbocycles. The van der Waals surface area contributed by atoms with Crippen molar-refractivity contribution >= 4 is 21.8 Å². The minimum absolute atomic E-state index is 0.0214. The Morgan fingerprint density at radius 2 is 2.11 bits per heavy atom. The summed E-state index contributed by atoms with van der Waals surface area (Å²) in [5.74, 6) is 0.688. The molecule has 0 aliphatic heterocycles. The average Bonchev–Trinajstić information content (AvgIpc) is 2.40. The second kappa shape index (κ2) is 6.94. The molecule has 1 aliphatic rings. The van der Waals surface area contributed by atoms with E-state index in [2.05, 4.69) is 21.2 Å². The Bertz CT molecular complexity index is 430. The van der Waals surface area contributed by atoms with Crippen molar-refractivity contribution in [2.75, 3.05) is 0 Å². The summed E-state index contributed by atoms with van der Waals surface area (Å²) in [6.45, 7) is 1.79. The fourth-order valence-electron chi connectivity index (χ4n) is 2.36. The molecule has 1 fully saturated rings. The summed E-state index contributed by atoms with van der Waals surface area (Å²) in [5.41, 5.74) is 0. The van der Waals surface area contributed by atoms with E-state index in [4.69, 9.17) is 4.74 Å². The number of carbonyl (C=O) groups excluding carboxylic acids is 1. The van der Waals surface area contributed by atoms with Gasteiger partial charge in [0, 0.05) is 10.5 Å². The molecule has 1 atom stereocenters. The van der Waals surface area contributed by atoms with Crippen LogP contribution in [0.3, 0.4) is 0 Å². The molecule has 1 aromatic carbocycles. The van der Waals surface area contributed by atoms with Gasteiger partial charge in [0.1, 0.15) is 5.75 Å². The van der Waals surface area contributed by atoms with Crippen LogP contribution in [0.5, 0.6) is 5.75 Å². The minimum Gasteiger partial charge on any atom is -0.481 e. The van der Waals surface area contributed by atoms with Crippen LogP contribution in [0.4, 0.5) is 0 Å². The van der Waals surface area contributed by atoms with Crippen molar-refractivity contribution in [3.8, 4) is 5.75 Å². The highest BCUT2D eigenvalue weighted by Gasteiger charge is 2.20. The smallest absolute Gasteiger partial charge is 0.260 e. The molecule has 0 saturated heterocycles. The van der Waals surface area contributed by atoms with E-state index < -0.39 is 6.10 Å². The number of benzene rings is 1. The van der Waals surface area contributed by atoms with Gasteiger partial charge in [-0.05, 0) is 38.0 Å². The Labute approximate surface area is 122 Å². The fourth-order valence-corrected chi connectivity index (χ4v) is 2.74. The van der Waals surface area contributed by atoms with E-state index in [1.165, 1.54) is 19.3 Å². The number of halogens is 1. The van der Waals surface area contributed by atoms with Gasteiger partial charge in [0.15, 0.2) is 6.10 Å².